The van der Waals surface area contributed by atoms with Crippen molar-refractivity contribution in [2.45, 2.75) is 33.1 Å². The molecule has 3 aromatic rings. The zero-order chi connectivity index (χ0) is 25.7. The number of halogens is 3. The van der Waals surface area contributed by atoms with E-state index in [0.29, 0.717) is 18.0 Å². The number of aryl methyl sites for hydroxylation is 3. The number of rotatable bonds is 6. The Hall–Kier alpha value is -3.92. The average Bonchev–Trinajstić information content (AvgIpc) is 3.22. The molecule has 0 atom stereocenters. The van der Waals surface area contributed by atoms with Crippen molar-refractivity contribution < 1.29 is 17.9 Å². The molecule has 1 aliphatic rings. The van der Waals surface area contributed by atoms with Gasteiger partial charge in [-0.1, -0.05) is 30.3 Å². The summed E-state index contributed by atoms with van der Waals surface area (Å²) in [5.74, 6) is -0.218. The fourth-order valence-electron chi connectivity index (χ4n) is 3.85. The van der Waals surface area contributed by atoms with Crippen LogP contribution >= 0.6 is 12.2 Å². The van der Waals surface area contributed by atoms with Gasteiger partial charge in [-0.05, 0) is 91.5 Å². The second-order valence-corrected chi connectivity index (χ2v) is 8.66. The van der Waals surface area contributed by atoms with Crippen molar-refractivity contribution in [3.63, 3.8) is 0 Å². The average molecular weight is 512 g/mol. The van der Waals surface area contributed by atoms with Crippen LogP contribution in [0, 0.1) is 13.8 Å². The van der Waals surface area contributed by atoms with Crippen LogP contribution in [0.3, 0.4) is 0 Å². The van der Waals surface area contributed by atoms with Crippen LogP contribution in [0.2, 0.25) is 0 Å². The zero-order valence-electron chi connectivity index (χ0n) is 19.6. The van der Waals surface area contributed by atoms with Gasteiger partial charge in [0.15, 0.2) is 5.11 Å². The Morgan fingerprint density at radius 3 is 2.42 bits per heavy atom. The molecule has 1 aliphatic carbocycles. The third-order valence-corrected chi connectivity index (χ3v) is 5.78. The van der Waals surface area contributed by atoms with Gasteiger partial charge < -0.3 is 10.1 Å². The van der Waals surface area contributed by atoms with Gasteiger partial charge in [0, 0.05) is 11.3 Å². The molecule has 0 heterocycles. The lowest BCUT2D eigenvalue weighted by molar-refractivity contribution is -0.274. The summed E-state index contributed by atoms with van der Waals surface area (Å²) in [5.41, 5.74) is 13.0. The van der Waals surface area contributed by atoms with E-state index >= 15 is 0 Å². The second-order valence-electron chi connectivity index (χ2n) is 8.25. The van der Waals surface area contributed by atoms with E-state index in [0.717, 1.165) is 44.9 Å². The second kappa shape index (κ2) is 10.8. The number of nitrogens with zero attached hydrogens (tertiary/aromatic N) is 2. The van der Waals surface area contributed by atoms with Gasteiger partial charge in [0.05, 0.1) is 17.6 Å². The predicted octanol–water partition coefficient (Wildman–Crippen LogP) is 6.28. The summed E-state index contributed by atoms with van der Waals surface area (Å²) in [4.78, 5) is 0. The molecule has 3 N–H and O–H groups in total. The lowest BCUT2D eigenvalue weighted by Crippen LogP contribution is -2.24. The molecule has 186 valence electrons. The van der Waals surface area contributed by atoms with Crippen molar-refractivity contribution in [3.8, 4) is 5.75 Å². The van der Waals surface area contributed by atoms with Crippen LogP contribution in [0.15, 0.2) is 70.9 Å². The quantitative estimate of drug-likeness (QED) is 0.206. The summed E-state index contributed by atoms with van der Waals surface area (Å²) in [6.45, 7) is 4.02. The number of hydrogen-bond donors (Lipinski definition) is 3. The van der Waals surface area contributed by atoms with Crippen LogP contribution < -0.4 is 20.9 Å². The zero-order valence-corrected chi connectivity index (χ0v) is 20.4. The van der Waals surface area contributed by atoms with E-state index in [1.54, 1.807) is 12.3 Å². The van der Waals surface area contributed by atoms with Crippen LogP contribution in [-0.2, 0) is 6.42 Å². The van der Waals surface area contributed by atoms with E-state index in [4.69, 9.17) is 12.2 Å². The van der Waals surface area contributed by atoms with Crippen LogP contribution in [0.5, 0.6) is 5.75 Å². The number of fused-ring (bicyclic) bond motifs is 1. The van der Waals surface area contributed by atoms with Gasteiger partial charge in [-0.2, -0.15) is 10.2 Å². The normalized spacial score (nSPS) is 14.1. The highest BCUT2D eigenvalue weighted by atomic mass is 32.1. The van der Waals surface area contributed by atoms with Gasteiger partial charge in [0.25, 0.3) is 0 Å². The molecule has 3 aromatic carbocycles. The number of para-hydroxylation sites is 1. The fourth-order valence-corrected chi connectivity index (χ4v) is 4.01. The largest absolute Gasteiger partial charge is 0.573 e. The van der Waals surface area contributed by atoms with Crippen LogP contribution in [0.4, 0.5) is 24.5 Å². The molecular weight excluding hydrogens is 487 g/mol. The number of nitrogens with one attached hydrogen (secondary N) is 3. The number of anilines is 2. The number of hydrazone groups is 2. The molecule has 0 fully saturated rings. The molecular formula is C26H24F3N5OS. The van der Waals surface area contributed by atoms with Gasteiger partial charge in [0.1, 0.15) is 5.75 Å². The Bertz CT molecular complexity index is 1300. The summed E-state index contributed by atoms with van der Waals surface area (Å²) >= 11 is 5.32. The summed E-state index contributed by atoms with van der Waals surface area (Å²) in [7, 11) is 0. The predicted molar refractivity (Wildman–Crippen MR) is 141 cm³/mol. The third-order valence-electron chi connectivity index (χ3n) is 5.58. The van der Waals surface area contributed by atoms with E-state index in [2.05, 4.69) is 31.1 Å². The van der Waals surface area contributed by atoms with E-state index in [1.165, 1.54) is 12.1 Å². The first-order valence-electron chi connectivity index (χ1n) is 11.2. The molecule has 0 bridgehead atoms. The first-order valence-corrected chi connectivity index (χ1v) is 11.6. The SMILES string of the molecule is Cc1cccc(C)c1NC(=S)N/N=C/c1ccc(N/N=C2\CCc3cc(OC(F)(F)F)ccc32)cc1. The first kappa shape index (κ1) is 25.2. The monoisotopic (exact) mass is 511 g/mol. The van der Waals surface area contributed by atoms with Crippen LogP contribution in [0.1, 0.15) is 34.2 Å². The van der Waals surface area contributed by atoms with Gasteiger partial charge in [0.2, 0.25) is 0 Å². The minimum atomic E-state index is -4.71. The van der Waals surface area contributed by atoms with Crippen LogP contribution in [-0.4, -0.2) is 23.4 Å². The van der Waals surface area contributed by atoms with E-state index < -0.39 is 6.36 Å². The molecule has 10 heteroatoms. The van der Waals surface area contributed by atoms with Crippen molar-refractivity contribution in [2.24, 2.45) is 10.2 Å². The van der Waals surface area contributed by atoms with Crippen molar-refractivity contribution in [3.05, 3.63) is 88.5 Å². The molecule has 6 nitrogen and oxygen atoms in total. The molecule has 0 saturated heterocycles. The maximum absolute atomic E-state index is 12.4. The van der Waals surface area contributed by atoms with Crippen molar-refractivity contribution in [1.29, 1.82) is 0 Å². The molecule has 36 heavy (non-hydrogen) atoms. The van der Waals surface area contributed by atoms with Crippen molar-refractivity contribution in [1.82, 2.24) is 5.43 Å². The Morgan fingerprint density at radius 1 is 1.00 bits per heavy atom. The standard InChI is InChI=1S/C26H24F3N5OS/c1-16-4-3-5-17(2)24(16)31-25(36)34-30-15-18-6-9-20(10-7-18)32-33-23-13-8-19-14-21(11-12-22(19)23)35-26(27,28)29/h3-7,9-12,14-15,32H,8,13H2,1-2H3,(H2,31,34,36)/b30-15+,33-23+. The topological polar surface area (TPSA) is 70.0 Å². The summed E-state index contributed by atoms with van der Waals surface area (Å²) in [6.07, 6.45) is -1.82. The number of alkyl halides is 3. The van der Waals surface area contributed by atoms with Gasteiger partial charge in [-0.25, -0.2) is 0 Å². The fraction of sp³-hybridized carbons (Fsp3) is 0.192. The van der Waals surface area contributed by atoms with Crippen molar-refractivity contribution in [2.75, 3.05) is 10.7 Å². The molecule has 0 spiro atoms. The van der Waals surface area contributed by atoms with Gasteiger partial charge in [-0.15, -0.1) is 13.2 Å². The van der Waals surface area contributed by atoms with E-state index in [9.17, 15) is 13.2 Å². The Kier molecular flexibility index (Phi) is 7.54. The summed E-state index contributed by atoms with van der Waals surface area (Å²) in [6, 6.07) is 17.8. The Balaban J connectivity index is 1.31. The highest BCUT2D eigenvalue weighted by Gasteiger charge is 2.31. The molecule has 0 unspecified atom stereocenters. The number of thiocarbonyl (C=S) groups is 1. The summed E-state index contributed by atoms with van der Waals surface area (Å²) < 4.78 is 41.3. The number of hydrogen-bond acceptors (Lipinski definition) is 5. The molecule has 0 aliphatic heterocycles. The lowest BCUT2D eigenvalue weighted by atomic mass is 10.1. The Labute approximate surface area is 212 Å². The van der Waals surface area contributed by atoms with Gasteiger partial charge in [-0.3, -0.25) is 10.9 Å². The van der Waals surface area contributed by atoms with Crippen molar-refractivity contribution >= 4 is 40.6 Å². The molecule has 0 amide bonds. The minimum Gasteiger partial charge on any atom is -0.406 e. The maximum Gasteiger partial charge on any atom is 0.573 e. The molecule has 0 aromatic heterocycles. The first-order chi connectivity index (χ1) is 17.2. The molecule has 0 radical (unpaired) electrons. The van der Waals surface area contributed by atoms with Gasteiger partial charge >= 0.3 is 6.36 Å². The smallest absolute Gasteiger partial charge is 0.406 e. The molecule has 4 rings (SSSR count). The summed E-state index contributed by atoms with van der Waals surface area (Å²) in [5, 5.41) is 12.2. The number of ether oxygens (including phenoxy) is 1. The Morgan fingerprint density at radius 2 is 1.72 bits per heavy atom. The third kappa shape index (κ3) is 6.60. The molecule has 0 saturated carbocycles. The van der Waals surface area contributed by atoms with Crippen LogP contribution in [0.25, 0.3) is 0 Å². The highest BCUT2D eigenvalue weighted by molar-refractivity contribution is 7.80. The maximum atomic E-state index is 12.4. The van der Waals surface area contributed by atoms with E-state index in [1.807, 2.05) is 56.3 Å². The van der Waals surface area contributed by atoms with E-state index in [-0.39, 0.29) is 5.75 Å². The number of benzene rings is 3. The minimum absolute atomic E-state index is 0.218. The lowest BCUT2D eigenvalue weighted by Gasteiger charge is -2.12. The highest BCUT2D eigenvalue weighted by Crippen LogP contribution is 2.30.